The Bertz CT molecular complexity index is 651. The maximum Gasteiger partial charge on any atom is 0.241 e. The molecule has 0 heterocycles. The van der Waals surface area contributed by atoms with Gasteiger partial charge in [0.15, 0.2) is 0 Å². The first-order chi connectivity index (χ1) is 9.00. The molecule has 2 rings (SSSR count). The largest absolute Gasteiger partial charge is 0.241 e. The Morgan fingerprint density at radius 1 is 0.947 bits per heavy atom. The lowest BCUT2D eigenvalue weighted by Gasteiger charge is -2.15. The molecule has 0 amide bonds. The highest BCUT2D eigenvalue weighted by Gasteiger charge is 2.19. The van der Waals surface area contributed by atoms with Gasteiger partial charge in [-0.15, -0.1) is 0 Å². The monoisotopic (exact) mass is 275 g/mol. The molecule has 1 atom stereocenters. The molecule has 2 aromatic rings. The van der Waals surface area contributed by atoms with Gasteiger partial charge in [0, 0.05) is 6.04 Å². The SMILES string of the molecule is Cc1ccccc1S(=O)(=O)NC(C)c1ccccc1. The maximum atomic E-state index is 12.3. The molecule has 0 saturated heterocycles. The summed E-state index contributed by atoms with van der Waals surface area (Å²) < 4.78 is 27.4. The number of sulfonamides is 1. The molecule has 4 heteroatoms. The molecule has 0 aliphatic rings. The second kappa shape index (κ2) is 5.55. The second-order valence-corrected chi connectivity index (χ2v) is 6.20. The summed E-state index contributed by atoms with van der Waals surface area (Å²) in [5, 5.41) is 0. The van der Waals surface area contributed by atoms with Gasteiger partial charge in [-0.3, -0.25) is 0 Å². The van der Waals surface area contributed by atoms with Crippen LogP contribution in [-0.4, -0.2) is 8.42 Å². The molecule has 1 N–H and O–H groups in total. The van der Waals surface area contributed by atoms with Crippen LogP contribution in [0.1, 0.15) is 24.1 Å². The standard InChI is InChI=1S/C15H17NO2S/c1-12-8-6-7-11-15(12)19(17,18)16-13(2)14-9-4-3-5-10-14/h3-11,13,16H,1-2H3. The topological polar surface area (TPSA) is 46.2 Å². The van der Waals surface area contributed by atoms with Crippen molar-refractivity contribution in [3.63, 3.8) is 0 Å². The van der Waals surface area contributed by atoms with Gasteiger partial charge in [0.1, 0.15) is 0 Å². The zero-order valence-electron chi connectivity index (χ0n) is 11.0. The number of rotatable bonds is 4. The molecule has 0 aromatic heterocycles. The molecule has 19 heavy (non-hydrogen) atoms. The number of benzene rings is 2. The van der Waals surface area contributed by atoms with Crippen molar-refractivity contribution in [2.24, 2.45) is 0 Å². The van der Waals surface area contributed by atoms with Crippen molar-refractivity contribution in [1.82, 2.24) is 4.72 Å². The lowest BCUT2D eigenvalue weighted by atomic mass is 10.1. The Balaban J connectivity index is 2.26. The fourth-order valence-electron chi connectivity index (χ4n) is 1.96. The summed E-state index contributed by atoms with van der Waals surface area (Å²) in [5.41, 5.74) is 1.69. The van der Waals surface area contributed by atoms with E-state index in [9.17, 15) is 8.42 Å². The number of aryl methyl sites for hydroxylation is 1. The van der Waals surface area contributed by atoms with Gasteiger partial charge in [0.25, 0.3) is 0 Å². The van der Waals surface area contributed by atoms with Crippen LogP contribution in [0, 0.1) is 6.92 Å². The molecule has 0 bridgehead atoms. The van der Waals surface area contributed by atoms with E-state index in [4.69, 9.17) is 0 Å². The molecule has 0 spiro atoms. The van der Waals surface area contributed by atoms with Gasteiger partial charge in [0.2, 0.25) is 10.0 Å². The molecule has 3 nitrogen and oxygen atoms in total. The van der Waals surface area contributed by atoms with Gasteiger partial charge in [0.05, 0.1) is 4.90 Å². The van der Waals surface area contributed by atoms with Gasteiger partial charge in [-0.05, 0) is 31.0 Å². The van der Waals surface area contributed by atoms with Crippen LogP contribution < -0.4 is 4.72 Å². The molecule has 0 radical (unpaired) electrons. The fraction of sp³-hybridized carbons (Fsp3) is 0.200. The smallest absolute Gasteiger partial charge is 0.207 e. The minimum absolute atomic E-state index is 0.259. The predicted molar refractivity (Wildman–Crippen MR) is 76.4 cm³/mol. The van der Waals surface area contributed by atoms with Crippen LogP contribution in [0.4, 0.5) is 0 Å². The van der Waals surface area contributed by atoms with Gasteiger partial charge in [-0.1, -0.05) is 48.5 Å². The van der Waals surface area contributed by atoms with E-state index in [1.165, 1.54) is 0 Å². The predicted octanol–water partition coefficient (Wildman–Crippen LogP) is 3.03. The Labute approximate surface area is 114 Å². The first kappa shape index (κ1) is 13.8. The van der Waals surface area contributed by atoms with Crippen molar-refractivity contribution in [2.45, 2.75) is 24.8 Å². The molecular formula is C15H17NO2S. The highest BCUT2D eigenvalue weighted by molar-refractivity contribution is 7.89. The first-order valence-corrected chi connectivity index (χ1v) is 7.62. The second-order valence-electron chi connectivity index (χ2n) is 4.52. The number of hydrogen-bond acceptors (Lipinski definition) is 2. The molecule has 100 valence electrons. The van der Waals surface area contributed by atoms with E-state index < -0.39 is 10.0 Å². The highest BCUT2D eigenvalue weighted by Crippen LogP contribution is 2.18. The van der Waals surface area contributed by atoms with E-state index in [1.807, 2.05) is 43.3 Å². The fourth-order valence-corrected chi connectivity index (χ4v) is 3.44. The van der Waals surface area contributed by atoms with Crippen LogP contribution in [0.2, 0.25) is 0 Å². The van der Waals surface area contributed by atoms with Crippen molar-refractivity contribution in [3.8, 4) is 0 Å². The van der Waals surface area contributed by atoms with Crippen molar-refractivity contribution in [2.75, 3.05) is 0 Å². The summed E-state index contributed by atoms with van der Waals surface area (Å²) in [6, 6.07) is 16.2. The van der Waals surface area contributed by atoms with E-state index in [-0.39, 0.29) is 6.04 Å². The van der Waals surface area contributed by atoms with Crippen molar-refractivity contribution in [1.29, 1.82) is 0 Å². The minimum Gasteiger partial charge on any atom is -0.207 e. The lowest BCUT2D eigenvalue weighted by molar-refractivity contribution is 0.566. The van der Waals surface area contributed by atoms with Crippen LogP contribution in [0.5, 0.6) is 0 Å². The van der Waals surface area contributed by atoms with E-state index in [1.54, 1.807) is 25.1 Å². The first-order valence-electron chi connectivity index (χ1n) is 6.13. The Kier molecular flexibility index (Phi) is 4.02. The lowest BCUT2D eigenvalue weighted by Crippen LogP contribution is -2.27. The molecule has 0 saturated carbocycles. The Hall–Kier alpha value is -1.65. The summed E-state index contributed by atoms with van der Waals surface area (Å²) in [5.74, 6) is 0. The third-order valence-electron chi connectivity index (χ3n) is 3.01. The molecule has 0 fully saturated rings. The van der Waals surface area contributed by atoms with Crippen LogP contribution >= 0.6 is 0 Å². The highest BCUT2D eigenvalue weighted by atomic mass is 32.2. The third kappa shape index (κ3) is 3.22. The zero-order valence-corrected chi connectivity index (χ0v) is 11.8. The summed E-state index contributed by atoms with van der Waals surface area (Å²) in [6.45, 7) is 3.63. The van der Waals surface area contributed by atoms with Crippen LogP contribution in [0.15, 0.2) is 59.5 Å². The normalized spacial score (nSPS) is 13.2. The molecule has 0 aliphatic carbocycles. The van der Waals surface area contributed by atoms with E-state index in [0.29, 0.717) is 4.90 Å². The Morgan fingerprint density at radius 2 is 1.53 bits per heavy atom. The molecule has 1 unspecified atom stereocenters. The van der Waals surface area contributed by atoms with E-state index in [2.05, 4.69) is 4.72 Å². The van der Waals surface area contributed by atoms with Gasteiger partial charge >= 0.3 is 0 Å². The average Bonchev–Trinajstić information content (AvgIpc) is 2.39. The van der Waals surface area contributed by atoms with Gasteiger partial charge in [-0.2, -0.15) is 0 Å². The number of hydrogen-bond donors (Lipinski definition) is 1. The molecule has 2 aromatic carbocycles. The van der Waals surface area contributed by atoms with Crippen molar-refractivity contribution in [3.05, 3.63) is 65.7 Å². The minimum atomic E-state index is -3.49. The van der Waals surface area contributed by atoms with Gasteiger partial charge < -0.3 is 0 Å². The molecule has 0 aliphatic heterocycles. The summed E-state index contributed by atoms with van der Waals surface area (Å²) in [4.78, 5) is 0.331. The van der Waals surface area contributed by atoms with Gasteiger partial charge in [-0.25, -0.2) is 13.1 Å². The number of nitrogens with one attached hydrogen (secondary N) is 1. The third-order valence-corrected chi connectivity index (χ3v) is 4.72. The van der Waals surface area contributed by atoms with Crippen LogP contribution in [0.3, 0.4) is 0 Å². The Morgan fingerprint density at radius 3 is 2.16 bits per heavy atom. The van der Waals surface area contributed by atoms with Crippen LogP contribution in [0.25, 0.3) is 0 Å². The van der Waals surface area contributed by atoms with Crippen molar-refractivity contribution < 1.29 is 8.42 Å². The maximum absolute atomic E-state index is 12.3. The molecular weight excluding hydrogens is 258 g/mol. The zero-order chi connectivity index (χ0) is 13.9. The quantitative estimate of drug-likeness (QED) is 0.932. The van der Waals surface area contributed by atoms with Crippen molar-refractivity contribution >= 4 is 10.0 Å². The van der Waals surface area contributed by atoms with Crippen LogP contribution in [-0.2, 0) is 10.0 Å². The average molecular weight is 275 g/mol. The summed E-state index contributed by atoms with van der Waals surface area (Å²) in [6.07, 6.45) is 0. The summed E-state index contributed by atoms with van der Waals surface area (Å²) in [7, 11) is -3.49. The summed E-state index contributed by atoms with van der Waals surface area (Å²) >= 11 is 0. The van der Waals surface area contributed by atoms with E-state index >= 15 is 0 Å². The van der Waals surface area contributed by atoms with E-state index in [0.717, 1.165) is 11.1 Å².